The third-order valence-electron chi connectivity index (χ3n) is 2.69. The Hall–Kier alpha value is 0.240. The second-order valence-corrected chi connectivity index (χ2v) is 5.54. The van der Waals surface area contributed by atoms with E-state index in [2.05, 4.69) is 4.74 Å². The first kappa shape index (κ1) is 18.2. The summed E-state index contributed by atoms with van der Waals surface area (Å²) >= 11 is 0. The van der Waals surface area contributed by atoms with Crippen molar-refractivity contribution in [3.8, 4) is 0 Å². The van der Waals surface area contributed by atoms with E-state index in [1.807, 2.05) is 0 Å². The van der Waals surface area contributed by atoms with E-state index in [-0.39, 0.29) is 29.6 Å². The summed E-state index contributed by atoms with van der Waals surface area (Å²) in [6, 6.07) is 0. The summed E-state index contributed by atoms with van der Waals surface area (Å²) < 4.78 is 60.0. The van der Waals surface area contributed by atoms with Gasteiger partial charge in [-0.1, -0.05) is 19.3 Å². The Kier molecular flexibility index (Phi) is 7.23. The van der Waals surface area contributed by atoms with Gasteiger partial charge in [-0.05, 0) is 12.8 Å². The normalized spacial score (nSPS) is 17.9. The predicted molar refractivity (Wildman–Crippen MR) is 52.2 cm³/mol. The molecule has 18 heavy (non-hydrogen) atoms. The maximum Gasteiger partial charge on any atom is 1.00 e. The van der Waals surface area contributed by atoms with E-state index in [4.69, 9.17) is 0 Å². The van der Waals surface area contributed by atoms with E-state index in [0.717, 1.165) is 19.3 Å². The zero-order valence-electron chi connectivity index (χ0n) is 10.0. The molecule has 1 fully saturated rings. The summed E-state index contributed by atoms with van der Waals surface area (Å²) in [5, 5.41) is -4.56. The molecule has 1 rings (SSSR count). The second-order valence-electron chi connectivity index (χ2n) is 4.03. The van der Waals surface area contributed by atoms with Crippen molar-refractivity contribution in [3.63, 3.8) is 0 Å². The van der Waals surface area contributed by atoms with Gasteiger partial charge < -0.3 is 9.29 Å². The summed E-state index contributed by atoms with van der Waals surface area (Å²) in [7, 11) is -5.79. The van der Waals surface area contributed by atoms with Crippen LogP contribution in [0.3, 0.4) is 0 Å². The van der Waals surface area contributed by atoms with Crippen molar-refractivity contribution in [2.75, 3.05) is 6.61 Å². The minimum absolute atomic E-state index is 0. The molecule has 0 aromatic rings. The molecule has 0 spiro atoms. The van der Waals surface area contributed by atoms with Gasteiger partial charge in [-0.25, -0.2) is 8.42 Å². The third-order valence-corrected chi connectivity index (χ3v) is 3.54. The number of alkyl halides is 2. The van der Waals surface area contributed by atoms with Crippen molar-refractivity contribution in [1.29, 1.82) is 0 Å². The van der Waals surface area contributed by atoms with Crippen LogP contribution in [0.25, 0.3) is 0 Å². The molecule has 0 atom stereocenters. The smallest absolute Gasteiger partial charge is 0.743 e. The first-order valence-electron chi connectivity index (χ1n) is 5.24. The van der Waals surface area contributed by atoms with Crippen LogP contribution in [0.1, 0.15) is 32.1 Å². The standard InChI is InChI=1S/C9H14F2O5S.Na/c10-9(11,17(13,14)15)6-16-8(12)7-4-2-1-3-5-7;/h7H,1-6H2,(H,13,14,15);/q;+1/p-1. The maximum absolute atomic E-state index is 12.7. The van der Waals surface area contributed by atoms with Gasteiger partial charge in [0.1, 0.15) is 0 Å². The molecular weight excluding hydrogens is 281 g/mol. The number of esters is 1. The van der Waals surface area contributed by atoms with Crippen molar-refractivity contribution in [1.82, 2.24) is 0 Å². The second kappa shape index (κ2) is 7.14. The molecule has 9 heteroatoms. The third kappa shape index (κ3) is 5.08. The maximum atomic E-state index is 12.7. The Labute approximate surface area is 126 Å². The minimum atomic E-state index is -5.79. The number of carbonyl (C=O) groups is 1. The number of carbonyl (C=O) groups excluding carboxylic acids is 1. The molecular formula is C9H13F2NaO5S. The molecule has 0 saturated heterocycles. The summed E-state index contributed by atoms with van der Waals surface area (Å²) in [5.74, 6) is -1.32. The zero-order chi connectivity index (χ0) is 13.1. The molecule has 0 amide bonds. The quantitative estimate of drug-likeness (QED) is 0.349. The van der Waals surface area contributed by atoms with Gasteiger partial charge >= 0.3 is 40.8 Å². The summed E-state index contributed by atoms with van der Waals surface area (Å²) in [5.41, 5.74) is 0. The van der Waals surface area contributed by atoms with Gasteiger partial charge in [0.2, 0.25) is 0 Å². The molecule has 0 aliphatic heterocycles. The van der Waals surface area contributed by atoms with Crippen molar-refractivity contribution in [3.05, 3.63) is 0 Å². The van der Waals surface area contributed by atoms with Crippen LogP contribution in [-0.4, -0.2) is 30.8 Å². The molecule has 1 saturated carbocycles. The topological polar surface area (TPSA) is 83.5 Å². The van der Waals surface area contributed by atoms with Crippen LogP contribution < -0.4 is 29.6 Å². The Morgan fingerprint density at radius 2 is 1.78 bits per heavy atom. The van der Waals surface area contributed by atoms with Crippen LogP contribution in [-0.2, 0) is 19.6 Å². The van der Waals surface area contributed by atoms with Gasteiger partial charge in [-0.3, -0.25) is 4.79 Å². The summed E-state index contributed by atoms with van der Waals surface area (Å²) in [6.07, 6.45) is 3.71. The molecule has 1 aliphatic rings. The molecule has 0 radical (unpaired) electrons. The zero-order valence-corrected chi connectivity index (χ0v) is 12.8. The van der Waals surface area contributed by atoms with Gasteiger partial charge in [-0.2, -0.15) is 8.78 Å². The van der Waals surface area contributed by atoms with Gasteiger partial charge in [0.15, 0.2) is 16.7 Å². The van der Waals surface area contributed by atoms with Crippen molar-refractivity contribution >= 4 is 16.1 Å². The Bertz CT molecular complexity index is 378. The molecule has 1 aliphatic carbocycles. The fourth-order valence-electron chi connectivity index (χ4n) is 1.68. The molecule has 0 aromatic heterocycles. The summed E-state index contributed by atoms with van der Waals surface area (Å²) in [4.78, 5) is 11.3. The van der Waals surface area contributed by atoms with E-state index >= 15 is 0 Å². The summed E-state index contributed by atoms with van der Waals surface area (Å²) in [6.45, 7) is -1.70. The van der Waals surface area contributed by atoms with Gasteiger partial charge in [0.05, 0.1) is 5.92 Å². The molecule has 0 aromatic carbocycles. The van der Waals surface area contributed by atoms with Crippen molar-refractivity contribution < 1.29 is 60.8 Å². The number of hydrogen-bond donors (Lipinski definition) is 0. The van der Waals surface area contributed by atoms with Crippen LogP contribution in [0, 0.1) is 5.92 Å². The Morgan fingerprint density at radius 3 is 2.22 bits per heavy atom. The predicted octanol–water partition coefficient (Wildman–Crippen LogP) is -1.75. The fourth-order valence-corrected chi connectivity index (χ4v) is 1.89. The first-order chi connectivity index (χ1) is 7.74. The molecule has 0 heterocycles. The average molecular weight is 294 g/mol. The minimum Gasteiger partial charge on any atom is -0.743 e. The largest absolute Gasteiger partial charge is 1.00 e. The Morgan fingerprint density at radius 1 is 1.28 bits per heavy atom. The average Bonchev–Trinajstić information content (AvgIpc) is 2.25. The van der Waals surface area contributed by atoms with Crippen LogP contribution in [0.15, 0.2) is 0 Å². The van der Waals surface area contributed by atoms with Gasteiger partial charge in [0, 0.05) is 0 Å². The number of hydrogen-bond acceptors (Lipinski definition) is 5. The van der Waals surface area contributed by atoms with Crippen LogP contribution in [0.4, 0.5) is 8.78 Å². The Balaban J connectivity index is 0.00000289. The van der Waals surface area contributed by atoms with Crippen molar-refractivity contribution in [2.24, 2.45) is 5.92 Å². The van der Waals surface area contributed by atoms with Gasteiger partial charge in [0.25, 0.3) is 0 Å². The first-order valence-corrected chi connectivity index (χ1v) is 6.65. The number of halogens is 2. The van der Waals surface area contributed by atoms with E-state index < -0.39 is 33.9 Å². The van der Waals surface area contributed by atoms with E-state index in [1.54, 1.807) is 0 Å². The van der Waals surface area contributed by atoms with E-state index in [1.165, 1.54) is 0 Å². The molecule has 0 unspecified atom stereocenters. The molecule has 5 nitrogen and oxygen atoms in total. The van der Waals surface area contributed by atoms with Crippen LogP contribution >= 0.6 is 0 Å². The number of ether oxygens (including phenoxy) is 1. The number of rotatable bonds is 4. The van der Waals surface area contributed by atoms with E-state index in [9.17, 15) is 26.5 Å². The van der Waals surface area contributed by atoms with Crippen LogP contribution in [0.5, 0.6) is 0 Å². The van der Waals surface area contributed by atoms with Crippen LogP contribution in [0.2, 0.25) is 0 Å². The molecule has 100 valence electrons. The van der Waals surface area contributed by atoms with Crippen molar-refractivity contribution in [2.45, 2.75) is 37.4 Å². The van der Waals surface area contributed by atoms with E-state index in [0.29, 0.717) is 12.8 Å². The monoisotopic (exact) mass is 294 g/mol. The molecule has 0 bridgehead atoms. The molecule has 0 N–H and O–H groups in total. The van der Waals surface area contributed by atoms with Gasteiger partial charge in [-0.15, -0.1) is 0 Å². The SMILES string of the molecule is O=C(OCC(F)(F)S(=O)(=O)[O-])C1CCCCC1.[Na+]. The fraction of sp³-hybridized carbons (Fsp3) is 0.889.